The number of rotatable bonds is 4. The van der Waals surface area contributed by atoms with Crippen LogP contribution in [-0.4, -0.2) is 136 Å². The fourth-order valence-corrected chi connectivity index (χ4v) is 5.69. The van der Waals surface area contributed by atoms with E-state index in [1.807, 2.05) is 0 Å². The van der Waals surface area contributed by atoms with Crippen molar-refractivity contribution in [1.82, 2.24) is 54.3 Å². The van der Waals surface area contributed by atoms with Gasteiger partial charge in [-0.1, -0.05) is 12.2 Å². The number of aliphatic hydroxyl groups excluding tert-OH is 6. The molecule has 0 aromatic carbocycles. The number of hydrogen-bond acceptors (Lipinski definition) is 19. The molecule has 24 heteroatoms. The molecule has 0 bridgehead atoms. The number of anilines is 2. The van der Waals surface area contributed by atoms with Gasteiger partial charge in [-0.15, -0.1) is 0 Å². The molecule has 3 aliphatic rings. The summed E-state index contributed by atoms with van der Waals surface area (Å²) in [6.45, 7) is -0.351. The Morgan fingerprint density at radius 1 is 0.960 bits per heavy atom. The molecule has 3 aliphatic heterocycles. The third kappa shape index (κ3) is 6.82. The molecule has 0 amide bonds. The smallest absolute Gasteiger partial charge is 0.312 e. The van der Waals surface area contributed by atoms with Crippen LogP contribution in [0.15, 0.2) is 24.0 Å². The van der Waals surface area contributed by atoms with Gasteiger partial charge in [0.05, 0.1) is 44.6 Å². The Kier molecular flexibility index (Phi) is 10.2. The summed E-state index contributed by atoms with van der Waals surface area (Å²) in [7, 11) is 0. The number of nitrogens with two attached hydrogens (primary N) is 2. The molecule has 0 radical (unpaired) electrons. The second-order valence-corrected chi connectivity index (χ2v) is 11.5. The summed E-state index contributed by atoms with van der Waals surface area (Å²) in [5.74, 6) is 0.654. The van der Waals surface area contributed by atoms with Crippen LogP contribution < -0.4 is 16.8 Å². The van der Waals surface area contributed by atoms with Crippen LogP contribution in [0.3, 0.4) is 0 Å². The Morgan fingerprint density at radius 3 is 2.44 bits per heavy atom. The highest BCUT2D eigenvalue weighted by Crippen LogP contribution is 2.35. The lowest BCUT2D eigenvalue weighted by Crippen LogP contribution is -2.33. The zero-order valence-electron chi connectivity index (χ0n) is 25.7. The van der Waals surface area contributed by atoms with Gasteiger partial charge in [0.15, 0.2) is 34.7 Å². The molecule has 5 aromatic rings. The molecule has 0 aliphatic carbocycles. The normalized spacial score (nSPS) is 27.3. The van der Waals surface area contributed by atoms with Crippen molar-refractivity contribution in [2.75, 3.05) is 31.2 Å². The summed E-state index contributed by atoms with van der Waals surface area (Å²) >= 11 is 4.95. The van der Waals surface area contributed by atoms with Crippen molar-refractivity contribution in [3.63, 3.8) is 0 Å². The van der Waals surface area contributed by atoms with Gasteiger partial charge in [-0.25, -0.2) is 19.9 Å². The number of β-amino-alcohol motifs (C(OH)–C–C–N with tert-alkyl or cyclic N) is 1. The SMILES string of the molecule is Nc1nc(F)nc2c1ncn2[C@@H]1O[C@H](CO)[C@@H](O)[C@@H]1O.Nc1nc2nc[nH]c2c(=S)[nH]1.OC[C@H]1O[C@@H](n2cnc3c2N=CNC[C@H]3O)C[C@@H]1O. The van der Waals surface area contributed by atoms with E-state index in [4.69, 9.17) is 43.4 Å². The average Bonchev–Trinajstić information content (AvgIpc) is 3.91. The third-order valence-electron chi connectivity index (χ3n) is 7.92. The number of nitrogen functional groups attached to an aromatic ring is 2. The summed E-state index contributed by atoms with van der Waals surface area (Å²) in [6, 6.07) is 0. The molecule has 8 rings (SSSR count). The average molecular weight is 721 g/mol. The first-order valence-corrected chi connectivity index (χ1v) is 15.3. The van der Waals surface area contributed by atoms with E-state index in [1.54, 1.807) is 4.57 Å². The lowest BCUT2D eigenvalue weighted by atomic mass is 10.1. The first-order valence-electron chi connectivity index (χ1n) is 14.9. The van der Waals surface area contributed by atoms with Crippen molar-refractivity contribution >= 4 is 58.5 Å². The molecular weight excluding hydrogens is 687 g/mol. The minimum absolute atomic E-state index is 0.0323. The molecule has 0 spiro atoms. The van der Waals surface area contributed by atoms with E-state index in [2.05, 4.69) is 50.2 Å². The first-order chi connectivity index (χ1) is 24.0. The second kappa shape index (κ2) is 14.6. The standard InChI is InChI=1S/C11H16N4O4.C10H12FN5O4.C5H5N5S/c16-3-8-6(17)1-9(19-8)15-5-14-10-7(18)2-12-4-13-11(10)15;11-10-14-7(12)4-8(15-10)16(2-13-4)9-6(19)5(18)3(1-17)20-9;6-5-9-3-2(4(11)10-5)7-1-8-3/h4-9,16-18H,1-3H2,(H,12,13);2-3,5-6,9,17-19H,1H2,(H2,12,14,15);1H,(H4,6,7,8,9,10,11)/t6-,7+,8+,9+;3-,5-,6+,9-;/m01./s1. The van der Waals surface area contributed by atoms with E-state index in [1.165, 1.54) is 29.9 Å². The number of ether oxygens (including phenoxy) is 2. The summed E-state index contributed by atoms with van der Waals surface area (Å²) < 4.78 is 27.5. The quantitative estimate of drug-likeness (QED) is 0.0679. The molecule has 2 saturated heterocycles. The number of halogens is 1. The highest BCUT2D eigenvalue weighted by Gasteiger charge is 2.44. The summed E-state index contributed by atoms with van der Waals surface area (Å²) in [6.07, 6.45) is -1.95. The van der Waals surface area contributed by atoms with Crippen LogP contribution in [0.1, 0.15) is 30.7 Å². The maximum atomic E-state index is 13.2. The molecule has 2 fully saturated rings. The maximum absolute atomic E-state index is 13.2. The van der Waals surface area contributed by atoms with Gasteiger partial charge in [0.1, 0.15) is 52.6 Å². The van der Waals surface area contributed by atoms with Crippen molar-refractivity contribution in [1.29, 1.82) is 0 Å². The molecule has 22 nitrogen and oxygen atoms in total. The van der Waals surface area contributed by atoms with Crippen LogP contribution in [0, 0.1) is 10.7 Å². The van der Waals surface area contributed by atoms with Gasteiger partial charge < -0.3 is 66.9 Å². The molecule has 8 heterocycles. The van der Waals surface area contributed by atoms with Crippen molar-refractivity contribution in [3.05, 3.63) is 35.4 Å². The Hall–Kier alpha value is -4.79. The Labute approximate surface area is 284 Å². The van der Waals surface area contributed by atoms with Crippen molar-refractivity contribution in [3.8, 4) is 0 Å². The van der Waals surface area contributed by atoms with Gasteiger partial charge in [-0.2, -0.15) is 19.3 Å². The summed E-state index contributed by atoms with van der Waals surface area (Å²) in [5.41, 5.74) is 12.9. The summed E-state index contributed by atoms with van der Waals surface area (Å²) in [4.78, 5) is 32.6. The minimum Gasteiger partial charge on any atom is -0.394 e. The molecule has 268 valence electrons. The maximum Gasteiger partial charge on any atom is 0.312 e. The highest BCUT2D eigenvalue weighted by molar-refractivity contribution is 7.71. The number of imidazole rings is 3. The third-order valence-corrected chi connectivity index (χ3v) is 8.23. The number of fused-ring (bicyclic) bond motifs is 3. The number of hydrogen-bond donors (Lipinski definition) is 11. The van der Waals surface area contributed by atoms with E-state index in [0.717, 1.165) is 0 Å². The molecule has 0 unspecified atom stereocenters. The van der Waals surface area contributed by atoms with Crippen LogP contribution >= 0.6 is 12.2 Å². The Balaban J connectivity index is 0.000000135. The lowest BCUT2D eigenvalue weighted by Gasteiger charge is -2.16. The van der Waals surface area contributed by atoms with E-state index in [-0.39, 0.29) is 29.5 Å². The highest BCUT2D eigenvalue weighted by atomic mass is 32.1. The molecular formula is C26H33FN14O8S. The number of H-pyrrole nitrogens is 2. The summed E-state index contributed by atoms with van der Waals surface area (Å²) in [5, 5.41) is 60.3. The van der Waals surface area contributed by atoms with Crippen LogP contribution in [0.5, 0.6) is 0 Å². The number of nitrogens with one attached hydrogen (secondary N) is 3. The largest absolute Gasteiger partial charge is 0.394 e. The first kappa shape index (κ1) is 35.1. The fourth-order valence-electron chi connectivity index (χ4n) is 5.43. The number of aromatic amines is 2. The second-order valence-electron chi connectivity index (χ2n) is 11.1. The van der Waals surface area contributed by atoms with Gasteiger partial charge >= 0.3 is 6.08 Å². The predicted molar refractivity (Wildman–Crippen MR) is 171 cm³/mol. The van der Waals surface area contributed by atoms with Crippen LogP contribution in [0.2, 0.25) is 0 Å². The van der Waals surface area contributed by atoms with Gasteiger partial charge in [0, 0.05) is 13.0 Å². The van der Waals surface area contributed by atoms with Crippen molar-refractivity contribution < 1.29 is 44.5 Å². The Morgan fingerprint density at radius 2 is 1.72 bits per heavy atom. The molecule has 5 aromatic heterocycles. The van der Waals surface area contributed by atoms with Crippen molar-refractivity contribution in [2.24, 2.45) is 4.99 Å². The number of aromatic nitrogens is 10. The monoisotopic (exact) mass is 720 g/mol. The van der Waals surface area contributed by atoms with Crippen LogP contribution in [0.25, 0.3) is 22.3 Å². The molecule has 8 atom stereocenters. The molecule has 0 saturated carbocycles. The number of aliphatic hydroxyl groups is 6. The van der Waals surface area contributed by atoms with Gasteiger partial charge in [0.2, 0.25) is 5.95 Å². The van der Waals surface area contributed by atoms with Crippen molar-refractivity contribution in [2.45, 2.75) is 55.5 Å². The van der Waals surface area contributed by atoms with Gasteiger partial charge in [-0.05, 0) is 0 Å². The number of aliphatic imine (C=N–C) groups is 1. The van der Waals surface area contributed by atoms with E-state index in [0.29, 0.717) is 40.3 Å². The molecule has 13 N–H and O–H groups in total. The minimum atomic E-state index is -1.32. The fraction of sp³-hybridized carbons (Fsp3) is 0.462. The van der Waals surface area contributed by atoms with E-state index >= 15 is 0 Å². The van der Waals surface area contributed by atoms with Gasteiger partial charge in [-0.3, -0.25) is 9.13 Å². The van der Waals surface area contributed by atoms with E-state index < -0.39 is 61.8 Å². The predicted octanol–water partition coefficient (Wildman–Crippen LogP) is -2.42. The Bertz CT molecular complexity index is 2040. The van der Waals surface area contributed by atoms with Crippen LogP contribution in [-0.2, 0) is 9.47 Å². The lowest BCUT2D eigenvalue weighted by molar-refractivity contribution is -0.0511. The molecule has 50 heavy (non-hydrogen) atoms. The van der Waals surface area contributed by atoms with Crippen LogP contribution in [0.4, 0.5) is 22.0 Å². The van der Waals surface area contributed by atoms with E-state index in [9.17, 15) is 24.8 Å². The zero-order valence-corrected chi connectivity index (χ0v) is 26.5. The topological polar surface area (TPSA) is 335 Å². The number of nitrogens with zero attached hydrogens (tertiary/aromatic N) is 9. The zero-order chi connectivity index (χ0) is 35.7. The van der Waals surface area contributed by atoms with Gasteiger partial charge in [0.25, 0.3) is 0 Å².